The SMILES string of the molecule is C[Si](C)(C)C(C(=O)O)N1C(=O)c2ccccc2C1=O. The maximum atomic E-state index is 12.3. The molecule has 1 aliphatic heterocycles. The van der Waals surface area contributed by atoms with Crippen LogP contribution in [0.1, 0.15) is 20.7 Å². The Labute approximate surface area is 111 Å². The van der Waals surface area contributed by atoms with E-state index in [0.29, 0.717) is 0 Å². The first-order chi connectivity index (χ1) is 8.75. The van der Waals surface area contributed by atoms with E-state index in [2.05, 4.69) is 0 Å². The molecule has 2 rings (SSSR count). The number of nitrogens with zero attached hydrogens (tertiary/aromatic N) is 1. The molecule has 0 saturated carbocycles. The quantitative estimate of drug-likeness (QED) is 0.673. The van der Waals surface area contributed by atoms with E-state index < -0.39 is 31.5 Å². The number of carboxylic acid groups (broad SMARTS) is 1. The zero-order valence-corrected chi connectivity index (χ0v) is 12.0. The molecule has 0 radical (unpaired) electrons. The molecule has 1 aromatic carbocycles. The second-order valence-corrected chi connectivity index (χ2v) is 10.9. The number of amides is 2. The van der Waals surface area contributed by atoms with Crippen molar-refractivity contribution in [1.82, 2.24) is 4.90 Å². The van der Waals surface area contributed by atoms with Gasteiger partial charge in [-0.3, -0.25) is 19.3 Å². The average molecular weight is 277 g/mol. The van der Waals surface area contributed by atoms with Crippen molar-refractivity contribution < 1.29 is 19.5 Å². The van der Waals surface area contributed by atoms with Gasteiger partial charge < -0.3 is 5.11 Å². The molecule has 1 atom stereocenters. The van der Waals surface area contributed by atoms with Crippen LogP contribution in [-0.4, -0.2) is 41.5 Å². The third-order valence-electron chi connectivity index (χ3n) is 3.14. The largest absolute Gasteiger partial charge is 0.480 e. The van der Waals surface area contributed by atoms with Crippen LogP contribution in [0.5, 0.6) is 0 Å². The van der Waals surface area contributed by atoms with Gasteiger partial charge in [0.05, 0.1) is 19.2 Å². The lowest BCUT2D eigenvalue weighted by molar-refractivity contribution is -0.139. The lowest BCUT2D eigenvalue weighted by atomic mass is 10.1. The predicted molar refractivity (Wildman–Crippen MR) is 71.7 cm³/mol. The zero-order valence-electron chi connectivity index (χ0n) is 11.0. The van der Waals surface area contributed by atoms with Gasteiger partial charge in [0.25, 0.3) is 11.8 Å². The lowest BCUT2D eigenvalue weighted by Crippen LogP contribution is -2.57. The van der Waals surface area contributed by atoms with Crippen molar-refractivity contribution in [3.8, 4) is 0 Å². The highest BCUT2D eigenvalue weighted by atomic mass is 28.3. The molecule has 100 valence electrons. The van der Waals surface area contributed by atoms with Gasteiger partial charge >= 0.3 is 5.97 Å². The Morgan fingerprint density at radius 2 is 1.53 bits per heavy atom. The zero-order chi connectivity index (χ0) is 14.4. The number of imide groups is 1. The average Bonchev–Trinajstić information content (AvgIpc) is 2.53. The first-order valence-corrected chi connectivity index (χ1v) is 9.52. The summed E-state index contributed by atoms with van der Waals surface area (Å²) in [6.45, 7) is 5.49. The molecule has 0 aliphatic carbocycles. The van der Waals surface area contributed by atoms with E-state index >= 15 is 0 Å². The fraction of sp³-hybridized carbons (Fsp3) is 0.308. The number of hydrogen-bond donors (Lipinski definition) is 1. The number of aliphatic carboxylic acids is 1. The number of carbonyl (C=O) groups excluding carboxylic acids is 2. The van der Waals surface area contributed by atoms with Crippen molar-refractivity contribution in [2.45, 2.75) is 25.3 Å². The van der Waals surface area contributed by atoms with Crippen molar-refractivity contribution in [1.29, 1.82) is 0 Å². The maximum absolute atomic E-state index is 12.3. The Kier molecular flexibility index (Phi) is 3.05. The van der Waals surface area contributed by atoms with Gasteiger partial charge in [-0.1, -0.05) is 31.8 Å². The minimum Gasteiger partial charge on any atom is -0.480 e. The van der Waals surface area contributed by atoms with Crippen LogP contribution < -0.4 is 0 Å². The Hall–Kier alpha value is -1.95. The topological polar surface area (TPSA) is 74.7 Å². The van der Waals surface area contributed by atoms with Crippen LogP contribution >= 0.6 is 0 Å². The van der Waals surface area contributed by atoms with Crippen molar-refractivity contribution in [2.75, 3.05) is 0 Å². The Balaban J connectivity index is 2.52. The molecule has 0 bridgehead atoms. The highest BCUT2D eigenvalue weighted by molar-refractivity contribution is 6.81. The van der Waals surface area contributed by atoms with Gasteiger partial charge in [0.15, 0.2) is 0 Å². The minimum atomic E-state index is -2.25. The van der Waals surface area contributed by atoms with E-state index in [9.17, 15) is 19.5 Å². The summed E-state index contributed by atoms with van der Waals surface area (Å²) in [6.07, 6.45) is 0. The third-order valence-corrected chi connectivity index (χ3v) is 5.28. The summed E-state index contributed by atoms with van der Waals surface area (Å²) >= 11 is 0. The summed E-state index contributed by atoms with van der Waals surface area (Å²) in [6, 6.07) is 6.44. The van der Waals surface area contributed by atoms with Crippen molar-refractivity contribution in [2.24, 2.45) is 0 Å². The molecule has 1 heterocycles. The van der Waals surface area contributed by atoms with Gasteiger partial charge in [-0.15, -0.1) is 0 Å². The first-order valence-electron chi connectivity index (χ1n) is 5.95. The third kappa shape index (κ3) is 2.08. The summed E-state index contributed by atoms with van der Waals surface area (Å²) in [7, 11) is -2.25. The summed E-state index contributed by atoms with van der Waals surface area (Å²) in [5, 5.41) is 9.37. The summed E-state index contributed by atoms with van der Waals surface area (Å²) in [4.78, 5) is 36.9. The fourth-order valence-corrected chi connectivity index (χ4v) is 4.06. The molecule has 5 nitrogen and oxygen atoms in total. The smallest absolute Gasteiger partial charge is 0.323 e. The van der Waals surface area contributed by atoms with Crippen molar-refractivity contribution in [3.63, 3.8) is 0 Å². The normalized spacial score (nSPS) is 16.5. The molecular formula is C13H15NO4Si. The van der Waals surface area contributed by atoms with Gasteiger partial charge in [-0.2, -0.15) is 0 Å². The molecule has 0 spiro atoms. The van der Waals surface area contributed by atoms with Crippen LogP contribution in [0.4, 0.5) is 0 Å². The Bertz CT molecular complexity index is 541. The molecule has 1 N–H and O–H groups in total. The molecule has 0 fully saturated rings. The van der Waals surface area contributed by atoms with Crippen LogP contribution in [0.2, 0.25) is 19.6 Å². The van der Waals surface area contributed by atoms with Crippen molar-refractivity contribution >= 4 is 25.9 Å². The minimum absolute atomic E-state index is 0.289. The Morgan fingerprint density at radius 3 is 1.84 bits per heavy atom. The molecule has 2 amide bonds. The molecule has 1 unspecified atom stereocenters. The van der Waals surface area contributed by atoms with Gasteiger partial charge in [-0.25, -0.2) is 0 Å². The highest BCUT2D eigenvalue weighted by Gasteiger charge is 2.48. The fourth-order valence-electron chi connectivity index (χ4n) is 2.31. The van der Waals surface area contributed by atoms with E-state index in [1.54, 1.807) is 24.3 Å². The molecule has 19 heavy (non-hydrogen) atoms. The monoisotopic (exact) mass is 277 g/mol. The molecule has 0 saturated heterocycles. The number of rotatable bonds is 3. The van der Waals surface area contributed by atoms with Crippen molar-refractivity contribution in [3.05, 3.63) is 35.4 Å². The van der Waals surface area contributed by atoms with Gasteiger partial charge in [0.2, 0.25) is 0 Å². The second-order valence-electron chi connectivity index (χ2n) is 5.63. The van der Waals surface area contributed by atoms with E-state index in [1.165, 1.54) is 0 Å². The number of fused-ring (bicyclic) bond motifs is 1. The highest BCUT2D eigenvalue weighted by Crippen LogP contribution is 2.28. The van der Waals surface area contributed by atoms with E-state index in [0.717, 1.165) is 4.90 Å². The maximum Gasteiger partial charge on any atom is 0.323 e. The molecule has 0 aromatic heterocycles. The van der Waals surface area contributed by atoms with Crippen LogP contribution in [0.3, 0.4) is 0 Å². The standard InChI is InChI=1S/C13H15NO4Si/c1-19(2,3)12(13(17)18)14-10(15)8-6-4-5-7-9(8)11(14)16/h4-7,12H,1-3H3,(H,17,18). The molecule has 1 aromatic rings. The van der Waals surface area contributed by atoms with Gasteiger partial charge in [0, 0.05) is 0 Å². The van der Waals surface area contributed by atoms with Gasteiger partial charge in [-0.05, 0) is 12.1 Å². The lowest BCUT2D eigenvalue weighted by Gasteiger charge is -2.31. The van der Waals surface area contributed by atoms with E-state index in [1.807, 2.05) is 19.6 Å². The number of carbonyl (C=O) groups is 3. The first kappa shape index (κ1) is 13.5. The molecular weight excluding hydrogens is 262 g/mol. The summed E-state index contributed by atoms with van der Waals surface area (Å²) in [5.41, 5.74) is -0.464. The summed E-state index contributed by atoms with van der Waals surface area (Å²) in [5.74, 6) is -2.13. The second kappa shape index (κ2) is 4.31. The number of benzene rings is 1. The molecule has 6 heteroatoms. The summed E-state index contributed by atoms with van der Waals surface area (Å²) < 4.78 is 0. The van der Waals surface area contributed by atoms with Gasteiger partial charge in [0.1, 0.15) is 5.67 Å². The van der Waals surface area contributed by atoms with E-state index in [4.69, 9.17) is 0 Å². The molecule has 1 aliphatic rings. The predicted octanol–water partition coefficient (Wildman–Crippen LogP) is 1.61. The van der Waals surface area contributed by atoms with Crippen LogP contribution in [0, 0.1) is 0 Å². The Morgan fingerprint density at radius 1 is 1.11 bits per heavy atom. The van der Waals surface area contributed by atoms with Crippen LogP contribution in [-0.2, 0) is 4.79 Å². The van der Waals surface area contributed by atoms with Crippen LogP contribution in [0.15, 0.2) is 24.3 Å². The van der Waals surface area contributed by atoms with E-state index in [-0.39, 0.29) is 11.1 Å². The number of carboxylic acids is 1. The van der Waals surface area contributed by atoms with Crippen LogP contribution in [0.25, 0.3) is 0 Å². The number of hydrogen-bond acceptors (Lipinski definition) is 3.